The van der Waals surface area contributed by atoms with E-state index in [9.17, 15) is 0 Å². The molecule has 0 bridgehead atoms. The third-order valence-electron chi connectivity index (χ3n) is 3.05. The van der Waals surface area contributed by atoms with Crippen LogP contribution in [0.1, 0.15) is 18.2 Å². The van der Waals surface area contributed by atoms with Crippen LogP contribution in [-0.2, 0) is 6.42 Å². The van der Waals surface area contributed by atoms with Crippen molar-refractivity contribution in [3.8, 4) is 6.07 Å². The van der Waals surface area contributed by atoms with E-state index >= 15 is 0 Å². The Morgan fingerprint density at radius 1 is 1.41 bits per heavy atom. The van der Waals surface area contributed by atoms with Gasteiger partial charge in [0, 0.05) is 23.1 Å². The molecular weight excluding hydrogens is 210 g/mol. The largest absolute Gasteiger partial charge is 0.358 e. The summed E-state index contributed by atoms with van der Waals surface area (Å²) >= 11 is 0. The number of aromatic nitrogens is 1. The van der Waals surface area contributed by atoms with Crippen molar-refractivity contribution in [2.75, 3.05) is 6.54 Å². The molecule has 1 heterocycles. The summed E-state index contributed by atoms with van der Waals surface area (Å²) in [5, 5.41) is 13.2. The highest BCUT2D eigenvalue weighted by molar-refractivity contribution is 5.84. The average Bonchev–Trinajstić information content (AvgIpc) is 2.66. The Hall–Kier alpha value is -1.79. The molecule has 2 N–H and O–H groups in total. The molecule has 1 aromatic heterocycles. The van der Waals surface area contributed by atoms with Crippen LogP contribution >= 0.6 is 0 Å². The molecule has 1 unspecified atom stereocenters. The monoisotopic (exact) mass is 227 g/mol. The maximum atomic E-state index is 8.70. The SMILES string of the molecule is Cc1[nH]c2ccccc2c1CCNC(C)C#N. The summed E-state index contributed by atoms with van der Waals surface area (Å²) < 4.78 is 0. The van der Waals surface area contributed by atoms with E-state index in [1.54, 1.807) is 0 Å². The minimum atomic E-state index is -0.0829. The molecule has 1 aromatic carbocycles. The molecule has 3 heteroatoms. The van der Waals surface area contributed by atoms with Gasteiger partial charge < -0.3 is 10.3 Å². The van der Waals surface area contributed by atoms with E-state index in [0.717, 1.165) is 13.0 Å². The number of hydrogen-bond donors (Lipinski definition) is 2. The zero-order valence-corrected chi connectivity index (χ0v) is 10.2. The molecule has 88 valence electrons. The summed E-state index contributed by atoms with van der Waals surface area (Å²) in [5.41, 5.74) is 3.75. The molecule has 0 aliphatic rings. The molecule has 0 amide bonds. The van der Waals surface area contributed by atoms with Crippen molar-refractivity contribution < 1.29 is 0 Å². The first-order chi connectivity index (χ1) is 8.22. The molecule has 0 saturated carbocycles. The van der Waals surface area contributed by atoms with Crippen molar-refractivity contribution >= 4 is 10.9 Å². The molecule has 3 nitrogen and oxygen atoms in total. The van der Waals surface area contributed by atoms with E-state index in [2.05, 4.69) is 41.5 Å². The molecule has 0 saturated heterocycles. The first-order valence-electron chi connectivity index (χ1n) is 5.91. The Balaban J connectivity index is 2.13. The number of hydrogen-bond acceptors (Lipinski definition) is 2. The van der Waals surface area contributed by atoms with Gasteiger partial charge in [0.2, 0.25) is 0 Å². The van der Waals surface area contributed by atoms with Crippen molar-refractivity contribution in [3.05, 3.63) is 35.5 Å². The maximum absolute atomic E-state index is 8.70. The number of nitrogens with zero attached hydrogens (tertiary/aromatic N) is 1. The first-order valence-corrected chi connectivity index (χ1v) is 5.91. The number of fused-ring (bicyclic) bond motifs is 1. The van der Waals surface area contributed by atoms with Crippen molar-refractivity contribution in [3.63, 3.8) is 0 Å². The van der Waals surface area contributed by atoms with E-state index in [4.69, 9.17) is 5.26 Å². The summed E-state index contributed by atoms with van der Waals surface area (Å²) in [6, 6.07) is 10.4. The zero-order valence-electron chi connectivity index (χ0n) is 10.2. The number of aromatic amines is 1. The molecule has 0 radical (unpaired) electrons. The van der Waals surface area contributed by atoms with Crippen molar-refractivity contribution in [2.45, 2.75) is 26.3 Å². The standard InChI is InChI=1S/C14H17N3/c1-10(9-15)16-8-7-12-11(2)17-14-6-4-3-5-13(12)14/h3-6,10,16-17H,7-8H2,1-2H3. The van der Waals surface area contributed by atoms with Gasteiger partial charge in [0.05, 0.1) is 12.1 Å². The molecule has 0 aliphatic heterocycles. The number of para-hydroxylation sites is 1. The van der Waals surface area contributed by atoms with E-state index in [1.807, 2.05) is 13.0 Å². The molecule has 0 spiro atoms. The second kappa shape index (κ2) is 5.03. The van der Waals surface area contributed by atoms with Gasteiger partial charge in [-0.3, -0.25) is 0 Å². The predicted octanol–water partition coefficient (Wildman–Crippen LogP) is 2.52. The van der Waals surface area contributed by atoms with Crippen molar-refractivity contribution in [1.29, 1.82) is 5.26 Å². The predicted molar refractivity (Wildman–Crippen MR) is 69.8 cm³/mol. The molecule has 17 heavy (non-hydrogen) atoms. The fraction of sp³-hybridized carbons (Fsp3) is 0.357. The molecule has 2 aromatic rings. The van der Waals surface area contributed by atoms with Gasteiger partial charge in [0.1, 0.15) is 0 Å². The maximum Gasteiger partial charge on any atom is 0.0924 e. The van der Waals surface area contributed by atoms with Gasteiger partial charge >= 0.3 is 0 Å². The molecule has 0 fully saturated rings. The number of nitriles is 1. The molecule has 2 rings (SSSR count). The van der Waals surface area contributed by atoms with E-state index < -0.39 is 0 Å². The molecule has 1 atom stereocenters. The third kappa shape index (κ3) is 2.48. The van der Waals surface area contributed by atoms with Crippen LogP contribution in [0.2, 0.25) is 0 Å². The average molecular weight is 227 g/mol. The molecular formula is C14H17N3. The van der Waals surface area contributed by atoms with Gasteiger partial charge in [0.25, 0.3) is 0 Å². The number of benzene rings is 1. The first kappa shape index (κ1) is 11.7. The van der Waals surface area contributed by atoms with Crippen LogP contribution in [-0.4, -0.2) is 17.6 Å². The summed E-state index contributed by atoms with van der Waals surface area (Å²) in [6.45, 7) is 4.81. The van der Waals surface area contributed by atoms with Crippen LogP contribution in [0.5, 0.6) is 0 Å². The summed E-state index contributed by atoms with van der Waals surface area (Å²) in [5.74, 6) is 0. The van der Waals surface area contributed by atoms with Crippen molar-refractivity contribution in [2.24, 2.45) is 0 Å². The minimum Gasteiger partial charge on any atom is -0.358 e. The highest BCUT2D eigenvalue weighted by Crippen LogP contribution is 2.21. The number of rotatable bonds is 4. The highest BCUT2D eigenvalue weighted by atomic mass is 14.9. The minimum absolute atomic E-state index is 0.0829. The lowest BCUT2D eigenvalue weighted by atomic mass is 10.1. The number of aryl methyl sites for hydroxylation is 1. The van der Waals surface area contributed by atoms with E-state index in [-0.39, 0.29) is 6.04 Å². The smallest absolute Gasteiger partial charge is 0.0924 e. The topological polar surface area (TPSA) is 51.6 Å². The lowest BCUT2D eigenvalue weighted by molar-refractivity contribution is 0.641. The van der Waals surface area contributed by atoms with Gasteiger partial charge in [-0.05, 0) is 31.9 Å². The second-order valence-electron chi connectivity index (χ2n) is 4.33. The fourth-order valence-electron chi connectivity index (χ4n) is 2.12. The lowest BCUT2D eigenvalue weighted by Gasteiger charge is -2.06. The van der Waals surface area contributed by atoms with Crippen molar-refractivity contribution in [1.82, 2.24) is 10.3 Å². The van der Waals surface area contributed by atoms with Crippen LogP contribution in [0.15, 0.2) is 24.3 Å². The second-order valence-corrected chi connectivity index (χ2v) is 4.33. The van der Waals surface area contributed by atoms with Crippen LogP contribution in [0.25, 0.3) is 10.9 Å². The van der Waals surface area contributed by atoms with E-state index in [0.29, 0.717) is 0 Å². The fourth-order valence-corrected chi connectivity index (χ4v) is 2.12. The quantitative estimate of drug-likeness (QED) is 0.843. The van der Waals surface area contributed by atoms with Crippen LogP contribution in [0.3, 0.4) is 0 Å². The Morgan fingerprint density at radius 3 is 2.94 bits per heavy atom. The Labute approximate surface area is 101 Å². The van der Waals surface area contributed by atoms with Crippen LogP contribution in [0.4, 0.5) is 0 Å². The van der Waals surface area contributed by atoms with Crippen LogP contribution < -0.4 is 5.32 Å². The van der Waals surface area contributed by atoms with Gasteiger partial charge in [-0.2, -0.15) is 5.26 Å². The molecule has 0 aliphatic carbocycles. The van der Waals surface area contributed by atoms with Crippen LogP contribution in [0, 0.1) is 18.3 Å². The lowest BCUT2D eigenvalue weighted by Crippen LogP contribution is -2.26. The van der Waals surface area contributed by atoms with Gasteiger partial charge in [-0.1, -0.05) is 18.2 Å². The zero-order chi connectivity index (χ0) is 12.3. The van der Waals surface area contributed by atoms with Gasteiger partial charge in [-0.15, -0.1) is 0 Å². The Bertz CT molecular complexity index is 548. The highest BCUT2D eigenvalue weighted by Gasteiger charge is 2.07. The summed E-state index contributed by atoms with van der Waals surface area (Å²) in [4.78, 5) is 3.39. The summed E-state index contributed by atoms with van der Waals surface area (Å²) in [6.07, 6.45) is 0.946. The Kier molecular flexibility index (Phi) is 3.46. The third-order valence-corrected chi connectivity index (χ3v) is 3.05. The summed E-state index contributed by atoms with van der Waals surface area (Å²) in [7, 11) is 0. The number of H-pyrrole nitrogens is 1. The van der Waals surface area contributed by atoms with Gasteiger partial charge in [0.15, 0.2) is 0 Å². The Morgan fingerprint density at radius 2 is 2.18 bits per heavy atom. The van der Waals surface area contributed by atoms with E-state index in [1.165, 1.54) is 22.2 Å². The van der Waals surface area contributed by atoms with Gasteiger partial charge in [-0.25, -0.2) is 0 Å². The number of nitrogens with one attached hydrogen (secondary N) is 2. The normalized spacial score (nSPS) is 12.5.